The molecule has 0 spiro atoms. The Morgan fingerprint density at radius 1 is 1.31 bits per heavy atom. The molecule has 7 heteroatoms. The summed E-state index contributed by atoms with van der Waals surface area (Å²) < 4.78 is 6.95. The van der Waals surface area contributed by atoms with Crippen molar-refractivity contribution in [1.82, 2.24) is 9.78 Å². The molecule has 0 saturated heterocycles. The van der Waals surface area contributed by atoms with Gasteiger partial charge in [-0.15, -0.1) is 12.4 Å². The Balaban J connectivity index is 0.00000338. The minimum atomic E-state index is -0.294. The lowest BCUT2D eigenvalue weighted by Crippen LogP contribution is -2.28. The lowest BCUT2D eigenvalue weighted by molar-refractivity contribution is -0.118. The summed E-state index contributed by atoms with van der Waals surface area (Å²) in [4.78, 5) is 12.3. The van der Waals surface area contributed by atoms with Crippen LogP contribution in [0.2, 0.25) is 0 Å². The van der Waals surface area contributed by atoms with Gasteiger partial charge in [0.05, 0.1) is 23.9 Å². The van der Waals surface area contributed by atoms with E-state index in [1.54, 1.807) is 11.8 Å². The maximum absolute atomic E-state index is 12.3. The van der Waals surface area contributed by atoms with Crippen LogP contribution in [0.4, 0.5) is 5.82 Å². The number of nitrogens with zero attached hydrogens (tertiary/aromatic N) is 2. The Labute approximate surface area is 161 Å². The number of hydrogen-bond donors (Lipinski definition) is 2. The number of amides is 1. The molecule has 3 N–H and O–H groups in total. The van der Waals surface area contributed by atoms with E-state index in [2.05, 4.69) is 26.1 Å². The smallest absolute Gasteiger partial charge is 0.228 e. The van der Waals surface area contributed by atoms with Crippen molar-refractivity contribution >= 4 is 24.1 Å². The Kier molecular flexibility index (Phi) is 7.81. The zero-order chi connectivity index (χ0) is 18.6. The van der Waals surface area contributed by atoms with Gasteiger partial charge >= 0.3 is 0 Å². The minimum Gasteiger partial charge on any atom is -0.380 e. The molecule has 26 heavy (non-hydrogen) atoms. The molecule has 0 saturated carbocycles. The molecular weight excluding hydrogens is 352 g/mol. The van der Waals surface area contributed by atoms with E-state index in [0.29, 0.717) is 12.4 Å². The number of anilines is 1. The van der Waals surface area contributed by atoms with E-state index in [0.717, 1.165) is 11.4 Å². The zero-order valence-electron chi connectivity index (χ0n) is 16.1. The molecule has 2 aromatic rings. The third kappa shape index (κ3) is 5.56. The van der Waals surface area contributed by atoms with Gasteiger partial charge in [0.25, 0.3) is 0 Å². The molecule has 1 atom stereocenters. The van der Waals surface area contributed by atoms with E-state index in [1.165, 1.54) is 5.56 Å². The third-order valence-electron chi connectivity index (χ3n) is 4.03. The van der Waals surface area contributed by atoms with Crippen molar-refractivity contribution in [3.05, 3.63) is 41.6 Å². The van der Waals surface area contributed by atoms with E-state index in [9.17, 15) is 4.79 Å². The highest BCUT2D eigenvalue weighted by Crippen LogP contribution is 2.26. The van der Waals surface area contributed by atoms with Gasteiger partial charge in [0.1, 0.15) is 5.82 Å². The average Bonchev–Trinajstić information content (AvgIpc) is 2.97. The SMILES string of the molecule is COC(CN)CC(=O)Nc1cc(C(C)(C)C)nn1-c1ccc(C)cc1.Cl. The molecule has 0 radical (unpaired) electrons. The molecule has 6 nitrogen and oxygen atoms in total. The molecule has 0 aliphatic carbocycles. The number of nitrogens with one attached hydrogen (secondary N) is 1. The first-order chi connectivity index (χ1) is 11.7. The van der Waals surface area contributed by atoms with E-state index in [4.69, 9.17) is 15.6 Å². The van der Waals surface area contributed by atoms with Gasteiger partial charge in [-0.3, -0.25) is 4.79 Å². The molecule has 1 heterocycles. The summed E-state index contributed by atoms with van der Waals surface area (Å²) >= 11 is 0. The average molecular weight is 381 g/mol. The highest BCUT2D eigenvalue weighted by atomic mass is 35.5. The molecule has 1 aromatic carbocycles. The monoisotopic (exact) mass is 380 g/mol. The Morgan fingerprint density at radius 3 is 2.42 bits per heavy atom. The molecule has 0 aliphatic heterocycles. The molecule has 1 unspecified atom stereocenters. The highest BCUT2D eigenvalue weighted by molar-refractivity contribution is 5.90. The maximum Gasteiger partial charge on any atom is 0.228 e. The molecule has 2 rings (SSSR count). The standard InChI is InChI=1S/C19H28N4O2.ClH/c1-13-6-8-14(9-7-13)23-17(11-16(22-23)19(2,3)4)21-18(24)10-15(12-20)25-5;/h6-9,11,15H,10,12,20H2,1-5H3,(H,21,24);1H. The number of aromatic nitrogens is 2. The van der Waals surface area contributed by atoms with Gasteiger partial charge < -0.3 is 15.8 Å². The fraction of sp³-hybridized carbons (Fsp3) is 0.474. The summed E-state index contributed by atoms with van der Waals surface area (Å²) in [6, 6.07) is 9.94. The van der Waals surface area contributed by atoms with Crippen molar-refractivity contribution in [2.24, 2.45) is 5.73 Å². The number of carbonyl (C=O) groups excluding carboxylic acids is 1. The normalized spacial score (nSPS) is 12.4. The first-order valence-electron chi connectivity index (χ1n) is 8.45. The molecule has 1 aromatic heterocycles. The van der Waals surface area contributed by atoms with Crippen LogP contribution in [0.3, 0.4) is 0 Å². The number of hydrogen-bond acceptors (Lipinski definition) is 4. The van der Waals surface area contributed by atoms with Gasteiger partial charge in [-0.2, -0.15) is 5.10 Å². The Bertz CT molecular complexity index is 716. The summed E-state index contributed by atoms with van der Waals surface area (Å²) in [5.74, 6) is 0.497. The van der Waals surface area contributed by atoms with Gasteiger partial charge in [0, 0.05) is 25.1 Å². The number of benzene rings is 1. The van der Waals surface area contributed by atoms with Crippen molar-refractivity contribution in [2.75, 3.05) is 19.0 Å². The molecule has 0 aliphatic rings. The first kappa shape index (κ1) is 22.2. The summed E-state index contributed by atoms with van der Waals surface area (Å²) in [5.41, 5.74) is 8.45. The van der Waals surface area contributed by atoms with Gasteiger partial charge in [-0.1, -0.05) is 38.5 Å². The third-order valence-corrected chi connectivity index (χ3v) is 4.03. The van der Waals surface area contributed by atoms with Crippen molar-refractivity contribution in [3.63, 3.8) is 0 Å². The molecule has 1 amide bonds. The van der Waals surface area contributed by atoms with Crippen LogP contribution in [0.15, 0.2) is 30.3 Å². The van der Waals surface area contributed by atoms with Crippen molar-refractivity contribution in [1.29, 1.82) is 0 Å². The zero-order valence-corrected chi connectivity index (χ0v) is 16.9. The van der Waals surface area contributed by atoms with Gasteiger partial charge in [-0.05, 0) is 19.1 Å². The van der Waals surface area contributed by atoms with Crippen LogP contribution in [-0.4, -0.2) is 35.4 Å². The van der Waals surface area contributed by atoms with Gasteiger partial charge in [-0.25, -0.2) is 4.68 Å². The number of methoxy groups -OCH3 is 1. The second-order valence-electron chi connectivity index (χ2n) is 7.26. The van der Waals surface area contributed by atoms with E-state index < -0.39 is 0 Å². The largest absolute Gasteiger partial charge is 0.380 e. The van der Waals surface area contributed by atoms with Crippen molar-refractivity contribution < 1.29 is 9.53 Å². The molecule has 0 fully saturated rings. The molecule has 144 valence electrons. The summed E-state index contributed by atoms with van der Waals surface area (Å²) in [6.45, 7) is 8.61. The van der Waals surface area contributed by atoms with Crippen molar-refractivity contribution in [2.45, 2.75) is 45.6 Å². The summed E-state index contributed by atoms with van der Waals surface area (Å²) in [5, 5.41) is 7.64. The van der Waals surface area contributed by atoms with E-state index >= 15 is 0 Å². The number of carbonyl (C=O) groups is 1. The van der Waals surface area contributed by atoms with E-state index in [-0.39, 0.29) is 36.3 Å². The van der Waals surface area contributed by atoms with Crippen LogP contribution in [0.5, 0.6) is 0 Å². The van der Waals surface area contributed by atoms with Gasteiger partial charge in [0.15, 0.2) is 0 Å². The first-order valence-corrected chi connectivity index (χ1v) is 8.45. The van der Waals surface area contributed by atoms with Crippen LogP contribution in [-0.2, 0) is 14.9 Å². The fourth-order valence-electron chi connectivity index (χ4n) is 2.38. The number of halogens is 1. The topological polar surface area (TPSA) is 82.2 Å². The Hall–Kier alpha value is -1.89. The Morgan fingerprint density at radius 2 is 1.92 bits per heavy atom. The second kappa shape index (κ2) is 9.16. The van der Waals surface area contributed by atoms with E-state index in [1.807, 2.05) is 37.3 Å². The van der Waals surface area contributed by atoms with Crippen LogP contribution < -0.4 is 11.1 Å². The van der Waals surface area contributed by atoms with Crippen LogP contribution in [0.25, 0.3) is 5.69 Å². The van der Waals surface area contributed by atoms with Crippen LogP contribution in [0.1, 0.15) is 38.4 Å². The van der Waals surface area contributed by atoms with Crippen LogP contribution in [0, 0.1) is 6.92 Å². The lowest BCUT2D eigenvalue weighted by atomic mass is 9.92. The number of rotatable bonds is 6. The predicted molar refractivity (Wildman–Crippen MR) is 107 cm³/mol. The summed E-state index contributed by atoms with van der Waals surface area (Å²) in [7, 11) is 1.55. The fourth-order valence-corrected chi connectivity index (χ4v) is 2.38. The predicted octanol–water partition coefficient (Wildman–Crippen LogP) is 3.20. The van der Waals surface area contributed by atoms with Crippen LogP contribution >= 0.6 is 12.4 Å². The second-order valence-corrected chi connectivity index (χ2v) is 7.26. The maximum atomic E-state index is 12.3. The summed E-state index contributed by atoms with van der Waals surface area (Å²) in [6.07, 6.45) is -0.0884. The molecular formula is C19H29ClN4O2. The van der Waals surface area contributed by atoms with Gasteiger partial charge in [0.2, 0.25) is 5.91 Å². The lowest BCUT2D eigenvalue weighted by Gasteiger charge is -2.14. The van der Waals surface area contributed by atoms with Crippen molar-refractivity contribution in [3.8, 4) is 5.69 Å². The highest BCUT2D eigenvalue weighted by Gasteiger charge is 2.22. The molecule has 0 bridgehead atoms. The minimum absolute atomic E-state index is 0. The quantitative estimate of drug-likeness (QED) is 0.806. The number of aryl methyl sites for hydroxylation is 1. The number of ether oxygens (including phenoxy) is 1. The number of nitrogens with two attached hydrogens (primary N) is 1.